The van der Waals surface area contributed by atoms with Crippen LogP contribution in [0.3, 0.4) is 0 Å². The van der Waals surface area contributed by atoms with Gasteiger partial charge in [-0.05, 0) is 43.5 Å². The molecule has 1 aromatic rings. The Kier molecular flexibility index (Phi) is 6.59. The first-order chi connectivity index (χ1) is 11.3. The molecule has 4 N–H and O–H groups in total. The van der Waals surface area contributed by atoms with Crippen molar-refractivity contribution in [1.82, 2.24) is 10.2 Å². The zero-order valence-electron chi connectivity index (χ0n) is 13.6. The first-order valence-corrected chi connectivity index (χ1v) is 9.83. The number of carbonyl (C=O) groups is 1. The Balaban J connectivity index is 1.77. The van der Waals surface area contributed by atoms with Gasteiger partial charge in [-0.1, -0.05) is 12.1 Å². The summed E-state index contributed by atoms with van der Waals surface area (Å²) in [7, 11) is -3.51. The Bertz CT molecular complexity index is 663. The number of aromatic hydroxyl groups is 1. The summed E-state index contributed by atoms with van der Waals surface area (Å²) in [5.41, 5.74) is 1.04. The molecule has 134 valence electrons. The highest BCUT2D eigenvalue weighted by Crippen LogP contribution is 2.17. The Labute approximate surface area is 142 Å². The number of sulfonamides is 1. The van der Waals surface area contributed by atoms with Crippen molar-refractivity contribution in [3.63, 3.8) is 0 Å². The number of amides is 1. The Morgan fingerprint density at radius 1 is 1.42 bits per heavy atom. The number of phenols is 1. The van der Waals surface area contributed by atoms with E-state index in [0.29, 0.717) is 0 Å². The first-order valence-electron chi connectivity index (χ1n) is 8.12. The quantitative estimate of drug-likeness (QED) is 0.661. The highest BCUT2D eigenvalue weighted by atomic mass is 32.2. The van der Waals surface area contributed by atoms with E-state index in [-0.39, 0.29) is 36.3 Å². The summed E-state index contributed by atoms with van der Waals surface area (Å²) in [6.07, 6.45) is 2.31. The molecule has 1 aliphatic heterocycles. The van der Waals surface area contributed by atoms with Gasteiger partial charge in [0.05, 0.1) is 5.75 Å². The average Bonchev–Trinajstić information content (AvgIpc) is 2.46. The number of hydrogen-bond donors (Lipinski definition) is 3. The van der Waals surface area contributed by atoms with Crippen molar-refractivity contribution in [3.05, 3.63) is 29.8 Å². The fourth-order valence-corrected chi connectivity index (χ4v) is 3.51. The molecule has 1 heterocycles. The van der Waals surface area contributed by atoms with Crippen molar-refractivity contribution < 1.29 is 18.3 Å². The van der Waals surface area contributed by atoms with Crippen LogP contribution in [0, 0.1) is 0 Å². The number of phenolic OH excluding ortho intramolecular Hbond substituents is 1. The van der Waals surface area contributed by atoms with Crippen LogP contribution in [0.15, 0.2) is 24.3 Å². The molecule has 1 aliphatic rings. The molecule has 24 heavy (non-hydrogen) atoms. The van der Waals surface area contributed by atoms with Crippen LogP contribution >= 0.6 is 0 Å². The van der Waals surface area contributed by atoms with E-state index in [9.17, 15) is 18.3 Å². The van der Waals surface area contributed by atoms with Crippen molar-refractivity contribution in [2.75, 3.05) is 18.8 Å². The van der Waals surface area contributed by atoms with Crippen molar-refractivity contribution in [3.8, 4) is 5.75 Å². The predicted octanol–water partition coefficient (Wildman–Crippen LogP) is 0.542. The van der Waals surface area contributed by atoms with Crippen molar-refractivity contribution in [2.45, 2.75) is 38.3 Å². The second kappa shape index (κ2) is 8.46. The number of nitrogens with zero attached hydrogens (tertiary/aromatic N) is 1. The number of nitrogens with one attached hydrogen (secondary N) is 1. The van der Waals surface area contributed by atoms with Crippen LogP contribution in [0.5, 0.6) is 5.75 Å². The van der Waals surface area contributed by atoms with Gasteiger partial charge in [-0.15, -0.1) is 0 Å². The number of nitrogens with two attached hydrogens (primary N) is 1. The maximum atomic E-state index is 11.9. The fourth-order valence-electron chi connectivity index (χ4n) is 2.96. The highest BCUT2D eigenvalue weighted by Gasteiger charge is 2.21. The van der Waals surface area contributed by atoms with Crippen molar-refractivity contribution in [1.29, 1.82) is 0 Å². The topological polar surface area (TPSA) is 113 Å². The molecular weight excluding hydrogens is 330 g/mol. The molecule has 1 amide bonds. The number of primary sulfonamides is 1. The molecule has 1 saturated heterocycles. The lowest BCUT2D eigenvalue weighted by Crippen LogP contribution is -2.47. The van der Waals surface area contributed by atoms with Gasteiger partial charge in [-0.3, -0.25) is 9.69 Å². The third-order valence-electron chi connectivity index (χ3n) is 4.02. The molecule has 0 aromatic heterocycles. The Morgan fingerprint density at radius 2 is 2.21 bits per heavy atom. The standard InChI is InChI=1S/C16H25N3O4S/c17-24(22,23)9-3-7-16(21)18-14-5-2-8-19(12-14)11-13-4-1-6-15(20)10-13/h1,4,6,10,14,20H,2-3,5,7-9,11-12H2,(H,18,21)(H2,17,22,23). The van der Waals surface area contributed by atoms with Crippen molar-refractivity contribution >= 4 is 15.9 Å². The molecule has 1 aromatic carbocycles. The molecule has 1 unspecified atom stereocenters. The summed E-state index contributed by atoms with van der Waals surface area (Å²) in [6.45, 7) is 2.43. The smallest absolute Gasteiger partial charge is 0.220 e. The number of carbonyl (C=O) groups excluding carboxylic acids is 1. The van der Waals surface area contributed by atoms with Gasteiger partial charge in [0.2, 0.25) is 15.9 Å². The summed E-state index contributed by atoms with van der Waals surface area (Å²) < 4.78 is 21.7. The second-order valence-electron chi connectivity index (χ2n) is 6.28. The summed E-state index contributed by atoms with van der Waals surface area (Å²) in [5.74, 6) is -0.0543. The molecule has 1 fully saturated rings. The zero-order valence-corrected chi connectivity index (χ0v) is 14.5. The molecule has 1 atom stereocenters. The largest absolute Gasteiger partial charge is 0.508 e. The van der Waals surface area contributed by atoms with E-state index in [4.69, 9.17) is 5.14 Å². The predicted molar refractivity (Wildman–Crippen MR) is 91.8 cm³/mol. The Morgan fingerprint density at radius 3 is 2.92 bits per heavy atom. The van der Waals surface area contributed by atoms with E-state index in [2.05, 4.69) is 10.2 Å². The van der Waals surface area contributed by atoms with Crippen LogP contribution in [0.25, 0.3) is 0 Å². The zero-order chi connectivity index (χ0) is 17.6. The van der Waals surface area contributed by atoms with Crippen LogP contribution in [0.4, 0.5) is 0 Å². The molecule has 0 radical (unpaired) electrons. The summed E-state index contributed by atoms with van der Waals surface area (Å²) in [6, 6.07) is 7.24. The summed E-state index contributed by atoms with van der Waals surface area (Å²) >= 11 is 0. The third-order valence-corrected chi connectivity index (χ3v) is 4.88. The number of hydrogen-bond acceptors (Lipinski definition) is 5. The van der Waals surface area contributed by atoms with Gasteiger partial charge in [0.1, 0.15) is 5.75 Å². The highest BCUT2D eigenvalue weighted by molar-refractivity contribution is 7.89. The van der Waals surface area contributed by atoms with Gasteiger partial charge >= 0.3 is 0 Å². The average molecular weight is 355 g/mol. The van der Waals surface area contributed by atoms with E-state index in [1.165, 1.54) is 0 Å². The first kappa shape index (κ1) is 18.7. The molecule has 0 spiro atoms. The second-order valence-corrected chi connectivity index (χ2v) is 8.02. The van der Waals surface area contributed by atoms with Gasteiger partial charge in [0, 0.05) is 25.6 Å². The molecule has 2 rings (SSSR count). The fraction of sp³-hybridized carbons (Fsp3) is 0.562. The van der Waals surface area contributed by atoms with E-state index in [0.717, 1.165) is 38.0 Å². The van der Waals surface area contributed by atoms with Gasteiger partial charge < -0.3 is 10.4 Å². The number of benzene rings is 1. The van der Waals surface area contributed by atoms with Gasteiger partial charge in [0.15, 0.2) is 0 Å². The minimum absolute atomic E-state index is 0.0676. The number of likely N-dealkylation sites (tertiary alicyclic amines) is 1. The van der Waals surface area contributed by atoms with Crippen LogP contribution < -0.4 is 10.5 Å². The molecule has 0 aliphatic carbocycles. The summed E-state index contributed by atoms with van der Waals surface area (Å²) in [5, 5.41) is 17.4. The lowest BCUT2D eigenvalue weighted by Gasteiger charge is -2.33. The van der Waals surface area contributed by atoms with Crippen LogP contribution in [-0.4, -0.2) is 49.2 Å². The molecule has 0 bridgehead atoms. The summed E-state index contributed by atoms with van der Waals surface area (Å²) in [4.78, 5) is 14.2. The number of rotatable bonds is 7. The van der Waals surface area contributed by atoms with Crippen LogP contribution in [0.1, 0.15) is 31.2 Å². The monoisotopic (exact) mass is 355 g/mol. The van der Waals surface area contributed by atoms with Crippen LogP contribution in [-0.2, 0) is 21.4 Å². The maximum Gasteiger partial charge on any atom is 0.220 e. The van der Waals surface area contributed by atoms with Crippen molar-refractivity contribution in [2.24, 2.45) is 5.14 Å². The molecular formula is C16H25N3O4S. The normalized spacial score (nSPS) is 19.1. The molecule has 7 nitrogen and oxygen atoms in total. The van der Waals surface area contributed by atoms with Gasteiger partial charge in [-0.25, -0.2) is 13.6 Å². The van der Waals surface area contributed by atoms with E-state index < -0.39 is 10.0 Å². The van der Waals surface area contributed by atoms with E-state index in [1.54, 1.807) is 12.1 Å². The number of piperidine rings is 1. The maximum absolute atomic E-state index is 11.9. The lowest BCUT2D eigenvalue weighted by atomic mass is 10.0. The van der Waals surface area contributed by atoms with E-state index >= 15 is 0 Å². The SMILES string of the molecule is NS(=O)(=O)CCCC(=O)NC1CCCN(Cc2cccc(O)c2)C1. The minimum atomic E-state index is -3.51. The van der Waals surface area contributed by atoms with E-state index in [1.807, 2.05) is 12.1 Å². The van der Waals surface area contributed by atoms with Gasteiger partial charge in [0.25, 0.3) is 0 Å². The third kappa shape index (κ3) is 6.86. The van der Waals surface area contributed by atoms with Gasteiger partial charge in [-0.2, -0.15) is 0 Å². The molecule has 8 heteroatoms. The lowest BCUT2D eigenvalue weighted by molar-refractivity contribution is -0.122. The van der Waals surface area contributed by atoms with Crippen LogP contribution in [0.2, 0.25) is 0 Å². The Hall–Kier alpha value is -1.64. The molecule has 0 saturated carbocycles. The minimum Gasteiger partial charge on any atom is -0.508 e.